The van der Waals surface area contributed by atoms with Gasteiger partial charge < -0.3 is 5.32 Å². The maximum Gasteiger partial charge on any atom is 0.234 e. The van der Waals surface area contributed by atoms with Gasteiger partial charge in [-0.2, -0.15) is 0 Å². The minimum absolute atomic E-state index is 0.124. The smallest absolute Gasteiger partial charge is 0.234 e. The lowest BCUT2D eigenvalue weighted by Crippen LogP contribution is -2.15. The molecule has 32 heavy (non-hydrogen) atoms. The largest absolute Gasteiger partial charge is 0.323 e. The molecule has 0 saturated heterocycles. The first-order chi connectivity index (χ1) is 15.4. The zero-order valence-corrected chi connectivity index (χ0v) is 19.8. The van der Waals surface area contributed by atoms with E-state index < -0.39 is 0 Å². The van der Waals surface area contributed by atoms with E-state index in [1.807, 2.05) is 66.9 Å². The van der Waals surface area contributed by atoms with E-state index in [0.717, 1.165) is 16.8 Å². The maximum absolute atomic E-state index is 12.6. The number of nitrogens with one attached hydrogen (secondary N) is 1. The molecule has 1 amide bonds. The van der Waals surface area contributed by atoms with Gasteiger partial charge in [0.2, 0.25) is 5.91 Å². The number of amides is 1. The van der Waals surface area contributed by atoms with Crippen LogP contribution in [0.2, 0.25) is 10.0 Å². The zero-order valence-electron chi connectivity index (χ0n) is 17.5. The first-order valence-electron chi connectivity index (χ1n) is 9.88. The summed E-state index contributed by atoms with van der Waals surface area (Å²) in [6.45, 7) is 4.08. The Bertz CT molecular complexity index is 1230. The van der Waals surface area contributed by atoms with Gasteiger partial charge in [0.25, 0.3) is 0 Å². The summed E-state index contributed by atoms with van der Waals surface area (Å²) in [5.74, 6) is 0.602. The van der Waals surface area contributed by atoms with Crippen LogP contribution in [0.5, 0.6) is 0 Å². The Balaban J connectivity index is 1.61. The molecule has 8 heteroatoms. The van der Waals surface area contributed by atoms with Crippen LogP contribution in [0.25, 0.3) is 17.1 Å². The van der Waals surface area contributed by atoms with Crippen LogP contribution in [0.3, 0.4) is 0 Å². The quantitative estimate of drug-likeness (QED) is 0.315. The molecule has 1 N–H and O–H groups in total. The molecule has 4 aromatic rings. The first kappa shape index (κ1) is 22.4. The van der Waals surface area contributed by atoms with E-state index >= 15 is 0 Å². The van der Waals surface area contributed by atoms with Crippen molar-refractivity contribution in [3.63, 3.8) is 0 Å². The molecule has 0 atom stereocenters. The summed E-state index contributed by atoms with van der Waals surface area (Å²) in [5.41, 5.74) is 4.60. The molecule has 0 radical (unpaired) electrons. The Morgan fingerprint density at radius 3 is 2.12 bits per heavy atom. The summed E-state index contributed by atoms with van der Waals surface area (Å²) in [5, 5.41) is 13.0. The van der Waals surface area contributed by atoms with E-state index in [9.17, 15) is 4.79 Å². The minimum Gasteiger partial charge on any atom is -0.323 e. The molecular formula is C24H20Cl2N4OS. The Hall–Kier alpha value is -2.80. The number of para-hydroxylation sites is 1. The Kier molecular flexibility index (Phi) is 6.84. The second-order valence-electron chi connectivity index (χ2n) is 7.28. The molecule has 1 heterocycles. The standard InChI is InChI=1S/C24H20Cl2N4OS/c1-15-6-10-17(11-7-15)23-28-29-24(30(23)18-12-8-16(2)9-13-18)32-14-21(31)27-22-19(25)4-3-5-20(22)26/h3-13H,14H2,1-2H3,(H,27,31). The number of nitrogens with zero attached hydrogens (tertiary/aromatic N) is 3. The number of thioether (sulfide) groups is 1. The Morgan fingerprint density at radius 1 is 0.906 bits per heavy atom. The molecule has 4 rings (SSSR count). The van der Waals surface area contributed by atoms with Crippen LogP contribution in [-0.2, 0) is 4.79 Å². The van der Waals surface area contributed by atoms with Crippen LogP contribution in [0.4, 0.5) is 5.69 Å². The molecule has 0 aliphatic rings. The minimum atomic E-state index is -0.236. The Morgan fingerprint density at radius 2 is 1.50 bits per heavy atom. The van der Waals surface area contributed by atoms with E-state index in [-0.39, 0.29) is 11.7 Å². The normalized spacial score (nSPS) is 10.9. The number of anilines is 1. The molecule has 3 aromatic carbocycles. The van der Waals surface area contributed by atoms with Gasteiger partial charge in [0.1, 0.15) is 0 Å². The second-order valence-corrected chi connectivity index (χ2v) is 9.03. The predicted molar refractivity (Wildman–Crippen MR) is 132 cm³/mol. The van der Waals surface area contributed by atoms with E-state index in [0.29, 0.717) is 26.7 Å². The van der Waals surface area contributed by atoms with Gasteiger partial charge in [-0.3, -0.25) is 9.36 Å². The summed E-state index contributed by atoms with van der Waals surface area (Å²) in [4.78, 5) is 12.6. The first-order valence-corrected chi connectivity index (χ1v) is 11.6. The lowest BCUT2D eigenvalue weighted by molar-refractivity contribution is -0.113. The van der Waals surface area contributed by atoms with Gasteiger partial charge in [-0.15, -0.1) is 10.2 Å². The van der Waals surface area contributed by atoms with Crippen LogP contribution in [0, 0.1) is 13.8 Å². The van der Waals surface area contributed by atoms with Gasteiger partial charge in [0.05, 0.1) is 21.5 Å². The van der Waals surface area contributed by atoms with Gasteiger partial charge in [0, 0.05) is 11.3 Å². The van der Waals surface area contributed by atoms with Gasteiger partial charge in [-0.25, -0.2) is 0 Å². The molecule has 0 unspecified atom stereocenters. The fourth-order valence-corrected chi connectivity index (χ4v) is 4.35. The number of hydrogen-bond donors (Lipinski definition) is 1. The summed E-state index contributed by atoms with van der Waals surface area (Å²) < 4.78 is 1.96. The monoisotopic (exact) mass is 482 g/mol. The van der Waals surface area contributed by atoms with E-state index in [4.69, 9.17) is 23.2 Å². The molecule has 0 bridgehead atoms. The highest BCUT2D eigenvalue weighted by molar-refractivity contribution is 7.99. The maximum atomic E-state index is 12.6. The average Bonchev–Trinajstić information content (AvgIpc) is 3.20. The lowest BCUT2D eigenvalue weighted by Gasteiger charge is -2.12. The third-order valence-corrected chi connectivity index (χ3v) is 6.35. The van der Waals surface area contributed by atoms with Gasteiger partial charge >= 0.3 is 0 Å². The number of aryl methyl sites for hydroxylation is 2. The highest BCUT2D eigenvalue weighted by Crippen LogP contribution is 2.31. The van der Waals surface area contributed by atoms with Crippen molar-refractivity contribution in [3.8, 4) is 17.1 Å². The van der Waals surface area contributed by atoms with Crippen molar-refractivity contribution in [2.45, 2.75) is 19.0 Å². The van der Waals surface area contributed by atoms with Crippen molar-refractivity contribution < 1.29 is 4.79 Å². The number of rotatable bonds is 6. The number of hydrogen-bond acceptors (Lipinski definition) is 4. The molecule has 0 aliphatic heterocycles. The molecule has 5 nitrogen and oxygen atoms in total. The number of benzene rings is 3. The number of aromatic nitrogens is 3. The number of carbonyl (C=O) groups is 1. The van der Waals surface area contributed by atoms with Crippen LogP contribution in [-0.4, -0.2) is 26.4 Å². The van der Waals surface area contributed by atoms with Crippen molar-refractivity contribution in [2.24, 2.45) is 0 Å². The summed E-state index contributed by atoms with van der Waals surface area (Å²) in [6, 6.07) is 21.3. The van der Waals surface area contributed by atoms with Crippen molar-refractivity contribution >= 4 is 46.6 Å². The Labute approximate surface area is 200 Å². The van der Waals surface area contributed by atoms with Gasteiger partial charge in [-0.05, 0) is 38.1 Å². The van der Waals surface area contributed by atoms with Crippen molar-refractivity contribution in [2.75, 3.05) is 11.1 Å². The topological polar surface area (TPSA) is 59.8 Å². The molecular weight excluding hydrogens is 463 g/mol. The highest BCUT2D eigenvalue weighted by Gasteiger charge is 2.18. The molecule has 162 valence electrons. The van der Waals surface area contributed by atoms with Crippen molar-refractivity contribution in [3.05, 3.63) is 87.9 Å². The van der Waals surface area contributed by atoms with Gasteiger partial charge in [-0.1, -0.05) is 88.6 Å². The third-order valence-electron chi connectivity index (χ3n) is 4.79. The second kappa shape index (κ2) is 9.77. The molecule has 0 spiro atoms. The molecule has 0 saturated carbocycles. The highest BCUT2D eigenvalue weighted by atomic mass is 35.5. The van der Waals surface area contributed by atoms with Gasteiger partial charge in [0.15, 0.2) is 11.0 Å². The van der Waals surface area contributed by atoms with Crippen LogP contribution >= 0.6 is 35.0 Å². The summed E-state index contributed by atoms with van der Waals surface area (Å²) >= 11 is 13.6. The number of carbonyl (C=O) groups excluding carboxylic acids is 1. The average molecular weight is 483 g/mol. The fraction of sp³-hybridized carbons (Fsp3) is 0.125. The predicted octanol–water partition coefficient (Wildman–Crippen LogP) is 6.59. The third kappa shape index (κ3) is 4.99. The SMILES string of the molecule is Cc1ccc(-c2nnc(SCC(=O)Nc3c(Cl)cccc3Cl)n2-c2ccc(C)cc2)cc1. The van der Waals surface area contributed by atoms with E-state index in [1.165, 1.54) is 17.3 Å². The summed E-state index contributed by atoms with van der Waals surface area (Å²) in [6.07, 6.45) is 0. The lowest BCUT2D eigenvalue weighted by atomic mass is 10.1. The van der Waals surface area contributed by atoms with E-state index in [1.54, 1.807) is 18.2 Å². The fourth-order valence-electron chi connectivity index (χ4n) is 3.10. The zero-order chi connectivity index (χ0) is 22.7. The van der Waals surface area contributed by atoms with Crippen molar-refractivity contribution in [1.29, 1.82) is 0 Å². The van der Waals surface area contributed by atoms with Crippen LogP contribution in [0.1, 0.15) is 11.1 Å². The molecule has 0 fully saturated rings. The summed E-state index contributed by atoms with van der Waals surface area (Å²) in [7, 11) is 0. The molecule has 0 aliphatic carbocycles. The van der Waals surface area contributed by atoms with Crippen molar-refractivity contribution in [1.82, 2.24) is 14.8 Å². The molecule has 1 aromatic heterocycles. The number of halogens is 2. The van der Waals surface area contributed by atoms with Crippen LogP contribution in [0.15, 0.2) is 71.9 Å². The van der Waals surface area contributed by atoms with E-state index in [2.05, 4.69) is 15.5 Å². The van der Waals surface area contributed by atoms with Crippen LogP contribution < -0.4 is 5.32 Å².